The van der Waals surface area contributed by atoms with E-state index in [0.29, 0.717) is 9.52 Å². The van der Waals surface area contributed by atoms with Crippen LogP contribution in [0.15, 0.2) is 0 Å². The SMILES string of the molecule is CC(=O)O[Si]CC[Si]CC(=O)O. The van der Waals surface area contributed by atoms with Gasteiger partial charge in [0.05, 0.1) is 9.52 Å². The second-order valence-corrected chi connectivity index (χ2v) is 4.40. The van der Waals surface area contributed by atoms with Gasteiger partial charge in [0.15, 0.2) is 0 Å². The van der Waals surface area contributed by atoms with Gasteiger partial charge >= 0.3 is 9.76 Å². The van der Waals surface area contributed by atoms with Crippen LogP contribution in [0.4, 0.5) is 0 Å². The molecule has 0 bridgehead atoms. The highest BCUT2D eigenvalue weighted by Gasteiger charge is 2.00. The third-order valence-corrected chi connectivity index (χ3v) is 3.44. The van der Waals surface area contributed by atoms with Crippen molar-refractivity contribution < 1.29 is 19.1 Å². The standard InChI is InChI=1S/C6H10O4Si2/c1-5(7)10-12-3-2-11-4-6(8)9/h2-4H2,1H3,(H,8,9). The van der Waals surface area contributed by atoms with E-state index in [9.17, 15) is 9.59 Å². The first-order valence-corrected chi connectivity index (χ1v) is 5.98. The first kappa shape index (κ1) is 11.4. The Labute approximate surface area is 76.1 Å². The summed E-state index contributed by atoms with van der Waals surface area (Å²) in [7, 11) is 0.613. The summed E-state index contributed by atoms with van der Waals surface area (Å²) in [5, 5.41) is 8.28. The number of rotatable bonds is 6. The Hall–Kier alpha value is -0.626. The van der Waals surface area contributed by atoms with E-state index >= 15 is 0 Å². The van der Waals surface area contributed by atoms with Gasteiger partial charge < -0.3 is 9.53 Å². The van der Waals surface area contributed by atoms with Crippen LogP contribution in [0.3, 0.4) is 0 Å². The van der Waals surface area contributed by atoms with Gasteiger partial charge in [-0.2, -0.15) is 0 Å². The second kappa shape index (κ2) is 7.05. The topological polar surface area (TPSA) is 63.6 Å². The van der Waals surface area contributed by atoms with Crippen LogP contribution in [0.1, 0.15) is 6.92 Å². The summed E-state index contributed by atoms with van der Waals surface area (Å²) >= 11 is 0. The molecule has 4 nitrogen and oxygen atoms in total. The Bertz CT molecular complexity index is 142. The average molecular weight is 202 g/mol. The molecule has 4 radical (unpaired) electrons. The molecule has 6 heteroatoms. The van der Waals surface area contributed by atoms with Crippen LogP contribution in [-0.4, -0.2) is 36.3 Å². The zero-order valence-corrected chi connectivity index (χ0v) is 8.79. The largest absolute Gasteiger partial charge is 0.517 e. The van der Waals surface area contributed by atoms with Gasteiger partial charge in [-0.1, -0.05) is 6.04 Å². The number of aliphatic carboxylic acids is 1. The Kier molecular flexibility index (Phi) is 6.68. The Morgan fingerprint density at radius 1 is 1.42 bits per heavy atom. The van der Waals surface area contributed by atoms with E-state index in [4.69, 9.17) is 9.53 Å². The van der Waals surface area contributed by atoms with Crippen molar-refractivity contribution >= 4 is 31.2 Å². The smallest absolute Gasteiger partial charge is 0.314 e. The van der Waals surface area contributed by atoms with Gasteiger partial charge in [-0.25, -0.2) is 0 Å². The van der Waals surface area contributed by atoms with Crippen LogP contribution in [0.2, 0.25) is 18.1 Å². The van der Waals surface area contributed by atoms with E-state index in [0.717, 1.165) is 12.1 Å². The molecule has 0 saturated heterocycles. The van der Waals surface area contributed by atoms with Crippen molar-refractivity contribution in [1.82, 2.24) is 0 Å². The number of carbonyl (C=O) groups excluding carboxylic acids is 1. The van der Waals surface area contributed by atoms with Crippen LogP contribution in [-0.2, 0) is 14.0 Å². The zero-order chi connectivity index (χ0) is 9.40. The summed E-state index contributed by atoms with van der Waals surface area (Å²) in [6.45, 7) is 1.37. The lowest BCUT2D eigenvalue weighted by molar-refractivity contribution is -0.134. The number of carbonyl (C=O) groups is 2. The maximum absolute atomic E-state index is 10.3. The highest BCUT2D eigenvalue weighted by molar-refractivity contribution is 6.43. The predicted octanol–water partition coefficient (Wildman–Crippen LogP) is 0.212. The summed E-state index contributed by atoms with van der Waals surface area (Å²) in [4.78, 5) is 20.3. The molecular formula is C6H10O4Si2. The van der Waals surface area contributed by atoms with Gasteiger partial charge in [-0.05, 0) is 6.04 Å². The van der Waals surface area contributed by atoms with E-state index in [1.54, 1.807) is 0 Å². The highest BCUT2D eigenvalue weighted by atomic mass is 28.2. The molecule has 0 aliphatic heterocycles. The van der Waals surface area contributed by atoms with Crippen molar-refractivity contribution in [1.29, 1.82) is 0 Å². The van der Waals surface area contributed by atoms with Gasteiger partial charge in [0, 0.05) is 13.0 Å². The van der Waals surface area contributed by atoms with Crippen LogP contribution in [0, 0.1) is 0 Å². The third-order valence-electron chi connectivity index (χ3n) is 0.896. The predicted molar refractivity (Wildman–Crippen MR) is 45.3 cm³/mol. The molecule has 0 fully saturated rings. The summed E-state index contributed by atoms with van der Waals surface area (Å²) in [5.41, 5.74) is 0. The van der Waals surface area contributed by atoms with Crippen molar-refractivity contribution in [2.24, 2.45) is 0 Å². The summed E-state index contributed by atoms with van der Waals surface area (Å²) in [6, 6.07) is 1.84. The van der Waals surface area contributed by atoms with Gasteiger partial charge in [0.1, 0.15) is 0 Å². The molecule has 0 saturated carbocycles. The lowest BCUT2D eigenvalue weighted by Gasteiger charge is -1.97. The minimum absolute atomic E-state index is 0.180. The fraction of sp³-hybridized carbons (Fsp3) is 0.667. The molecule has 0 atom stereocenters. The van der Waals surface area contributed by atoms with Crippen molar-refractivity contribution in [3.63, 3.8) is 0 Å². The fourth-order valence-corrected chi connectivity index (χ4v) is 2.30. The molecule has 0 heterocycles. The molecule has 0 rings (SSSR count). The number of carboxylic acids is 1. The normalized spacial score (nSPS) is 9.42. The number of hydrogen-bond acceptors (Lipinski definition) is 3. The maximum Gasteiger partial charge on any atom is 0.314 e. The fourth-order valence-electron chi connectivity index (χ4n) is 0.487. The van der Waals surface area contributed by atoms with Crippen LogP contribution in [0.25, 0.3) is 0 Å². The molecule has 0 unspecified atom stereocenters. The van der Waals surface area contributed by atoms with Crippen molar-refractivity contribution in [2.45, 2.75) is 25.1 Å². The third kappa shape index (κ3) is 9.37. The summed E-state index contributed by atoms with van der Waals surface area (Å²) in [6.07, 6.45) is 0. The summed E-state index contributed by atoms with van der Waals surface area (Å²) < 4.78 is 4.69. The maximum atomic E-state index is 10.3. The van der Waals surface area contributed by atoms with Crippen molar-refractivity contribution in [3.05, 3.63) is 0 Å². The van der Waals surface area contributed by atoms with Crippen LogP contribution < -0.4 is 0 Å². The molecule has 0 amide bonds. The van der Waals surface area contributed by atoms with Crippen LogP contribution in [0.5, 0.6) is 0 Å². The average Bonchev–Trinajstić information content (AvgIpc) is 1.95. The Morgan fingerprint density at radius 2 is 2.08 bits per heavy atom. The van der Waals surface area contributed by atoms with Crippen LogP contribution >= 0.6 is 0 Å². The van der Waals surface area contributed by atoms with E-state index in [-0.39, 0.29) is 21.8 Å². The lowest BCUT2D eigenvalue weighted by Crippen LogP contribution is -2.06. The quantitative estimate of drug-likeness (QED) is 0.494. The molecular weight excluding hydrogens is 192 g/mol. The minimum Gasteiger partial charge on any atom is -0.517 e. The summed E-state index contributed by atoms with van der Waals surface area (Å²) in [5.74, 6) is -1.03. The molecule has 66 valence electrons. The molecule has 0 aromatic rings. The Morgan fingerprint density at radius 3 is 2.58 bits per heavy atom. The zero-order valence-electron chi connectivity index (χ0n) is 6.79. The molecule has 0 spiro atoms. The molecule has 0 aliphatic rings. The van der Waals surface area contributed by atoms with Gasteiger partial charge in [0.2, 0.25) is 0 Å². The second-order valence-electron chi connectivity index (χ2n) is 2.06. The first-order valence-electron chi connectivity index (χ1n) is 3.45. The molecule has 0 aliphatic carbocycles. The van der Waals surface area contributed by atoms with Gasteiger partial charge in [0.25, 0.3) is 11.9 Å². The minimum atomic E-state index is -0.760. The van der Waals surface area contributed by atoms with Gasteiger partial charge in [-0.3, -0.25) is 9.59 Å². The van der Waals surface area contributed by atoms with Crippen molar-refractivity contribution in [3.8, 4) is 0 Å². The molecule has 0 aromatic heterocycles. The lowest BCUT2D eigenvalue weighted by atomic mass is 10.8. The van der Waals surface area contributed by atoms with E-state index < -0.39 is 5.97 Å². The highest BCUT2D eigenvalue weighted by Crippen LogP contribution is 1.93. The number of carboxylic acid groups (broad SMARTS) is 1. The molecule has 1 N–H and O–H groups in total. The first-order chi connectivity index (χ1) is 5.63. The van der Waals surface area contributed by atoms with E-state index in [1.165, 1.54) is 6.92 Å². The molecule has 0 aromatic carbocycles. The Balaban J connectivity index is 3.01. The van der Waals surface area contributed by atoms with Gasteiger partial charge in [-0.15, -0.1) is 0 Å². The van der Waals surface area contributed by atoms with E-state index in [2.05, 4.69) is 0 Å². The van der Waals surface area contributed by atoms with Crippen molar-refractivity contribution in [2.75, 3.05) is 0 Å². The number of hydrogen-bond donors (Lipinski definition) is 1. The monoisotopic (exact) mass is 202 g/mol. The van der Waals surface area contributed by atoms with E-state index in [1.807, 2.05) is 0 Å². The molecule has 12 heavy (non-hydrogen) atoms.